The van der Waals surface area contributed by atoms with Crippen LogP contribution >= 0.6 is 0 Å². The summed E-state index contributed by atoms with van der Waals surface area (Å²) in [6.45, 7) is 5.05. The third-order valence-corrected chi connectivity index (χ3v) is 6.33. The molecule has 2 fully saturated rings. The number of aliphatic carboxylic acids is 1. The lowest BCUT2D eigenvalue weighted by atomic mass is 9.68. The molecule has 4 heteroatoms. The smallest absolute Gasteiger partial charge is 0.304 e. The van der Waals surface area contributed by atoms with Crippen molar-refractivity contribution in [2.45, 2.75) is 75.7 Å². The minimum Gasteiger partial charge on any atom is -0.481 e. The largest absolute Gasteiger partial charge is 0.481 e. The first-order valence-corrected chi connectivity index (χ1v) is 10.8. The summed E-state index contributed by atoms with van der Waals surface area (Å²) in [5, 5.41) is 9.35. The van der Waals surface area contributed by atoms with Crippen LogP contribution in [0.15, 0.2) is 54.7 Å². The molecule has 1 spiro atoms. The number of nitrogens with zero attached hydrogens (tertiary/aromatic N) is 1. The highest BCUT2D eigenvalue weighted by molar-refractivity contribution is 5.69. The van der Waals surface area contributed by atoms with E-state index in [-0.39, 0.29) is 17.4 Å². The number of carbonyl (C=O) groups is 1. The van der Waals surface area contributed by atoms with Gasteiger partial charge in [-0.2, -0.15) is 0 Å². The maximum absolute atomic E-state index is 11.4. The molecule has 1 aromatic carbocycles. The number of pyridine rings is 1. The normalized spacial score (nSPS) is 22.9. The Hall–Kier alpha value is -2.20. The van der Waals surface area contributed by atoms with E-state index >= 15 is 0 Å². The Morgan fingerprint density at radius 1 is 1.07 bits per heavy atom. The minimum atomic E-state index is -0.745. The summed E-state index contributed by atoms with van der Waals surface area (Å²) >= 11 is 0. The fourth-order valence-corrected chi connectivity index (χ4v) is 4.82. The number of benzene rings is 1. The molecule has 2 aliphatic rings. The molecule has 1 N–H and O–H groups in total. The van der Waals surface area contributed by atoms with E-state index in [0.717, 1.165) is 31.4 Å². The van der Waals surface area contributed by atoms with Crippen molar-refractivity contribution in [3.63, 3.8) is 0 Å². The predicted molar refractivity (Wildman–Crippen MR) is 115 cm³/mol. The Morgan fingerprint density at radius 3 is 2.31 bits per heavy atom. The molecule has 1 saturated carbocycles. The highest BCUT2D eigenvalue weighted by atomic mass is 16.5. The van der Waals surface area contributed by atoms with Gasteiger partial charge in [0.05, 0.1) is 12.0 Å². The number of hydrogen-bond acceptors (Lipinski definition) is 3. The van der Waals surface area contributed by atoms with Crippen LogP contribution in [-0.4, -0.2) is 28.3 Å². The molecule has 0 bridgehead atoms. The van der Waals surface area contributed by atoms with E-state index in [1.807, 2.05) is 24.3 Å². The van der Waals surface area contributed by atoms with Crippen LogP contribution in [0.1, 0.15) is 76.0 Å². The predicted octanol–water partition coefficient (Wildman–Crippen LogP) is 5.73. The zero-order valence-electron chi connectivity index (χ0n) is 17.6. The van der Waals surface area contributed by atoms with Crippen LogP contribution in [0.3, 0.4) is 0 Å². The maximum atomic E-state index is 11.4. The van der Waals surface area contributed by atoms with Crippen molar-refractivity contribution < 1.29 is 14.6 Å². The van der Waals surface area contributed by atoms with Gasteiger partial charge in [0, 0.05) is 23.9 Å². The third-order valence-electron chi connectivity index (χ3n) is 6.33. The fraction of sp³-hybridized carbons (Fsp3) is 0.520. The van der Waals surface area contributed by atoms with Gasteiger partial charge in [0.1, 0.15) is 0 Å². The summed E-state index contributed by atoms with van der Waals surface area (Å²) in [6, 6.07) is 16.3. The third kappa shape index (κ3) is 5.45. The summed E-state index contributed by atoms with van der Waals surface area (Å²) in [5.74, 6) is -0.0862. The van der Waals surface area contributed by atoms with Gasteiger partial charge in [-0.25, -0.2) is 0 Å². The SMILES string of the molecule is CC(C)c1ccccc1.O=C(O)C[C@@]1(c2ccccn2)CCOC2(CCCC2)C1. The first-order chi connectivity index (χ1) is 13.9. The van der Waals surface area contributed by atoms with Crippen LogP contribution in [0.4, 0.5) is 0 Å². The second-order valence-electron chi connectivity index (χ2n) is 8.80. The van der Waals surface area contributed by atoms with Crippen molar-refractivity contribution in [2.24, 2.45) is 0 Å². The number of rotatable bonds is 4. The van der Waals surface area contributed by atoms with Gasteiger partial charge in [-0.05, 0) is 49.3 Å². The van der Waals surface area contributed by atoms with Gasteiger partial charge in [0.2, 0.25) is 0 Å². The first kappa shape index (κ1) is 21.5. The summed E-state index contributed by atoms with van der Waals surface area (Å²) in [5.41, 5.74) is 1.86. The monoisotopic (exact) mass is 395 g/mol. The highest BCUT2D eigenvalue weighted by Gasteiger charge is 2.49. The Balaban J connectivity index is 0.000000224. The summed E-state index contributed by atoms with van der Waals surface area (Å²) in [4.78, 5) is 15.8. The molecule has 2 aromatic rings. The molecule has 1 aliphatic carbocycles. The van der Waals surface area contributed by atoms with Gasteiger partial charge in [-0.1, -0.05) is 63.1 Å². The lowest BCUT2D eigenvalue weighted by molar-refractivity contribution is -0.144. The standard InChI is InChI=1S/C16H21NO3.C9H12/c18-14(19)11-15(13-5-1-4-9-17-13)8-10-20-16(12-15)6-2-3-7-16;1-8(2)9-6-4-3-5-7-9/h1,4-5,9H,2-3,6-8,10-12H2,(H,18,19);3-8H,1-2H3/t15-;/m0./s1. The van der Waals surface area contributed by atoms with E-state index in [2.05, 4.69) is 43.1 Å². The molecule has 0 radical (unpaired) electrons. The molecule has 1 aromatic heterocycles. The zero-order chi connectivity index (χ0) is 20.7. The summed E-state index contributed by atoms with van der Waals surface area (Å²) in [6.07, 6.45) is 7.94. The summed E-state index contributed by atoms with van der Waals surface area (Å²) in [7, 11) is 0. The van der Waals surface area contributed by atoms with Gasteiger partial charge in [-0.3, -0.25) is 9.78 Å². The molecule has 0 unspecified atom stereocenters. The Morgan fingerprint density at radius 2 is 1.76 bits per heavy atom. The van der Waals surface area contributed by atoms with E-state index in [1.165, 1.54) is 18.4 Å². The Labute approximate surface area is 174 Å². The number of aromatic nitrogens is 1. The van der Waals surface area contributed by atoms with Crippen LogP contribution in [0.2, 0.25) is 0 Å². The average molecular weight is 396 g/mol. The summed E-state index contributed by atoms with van der Waals surface area (Å²) < 4.78 is 6.06. The molecule has 4 nitrogen and oxygen atoms in total. The van der Waals surface area contributed by atoms with Gasteiger partial charge in [-0.15, -0.1) is 0 Å². The second kappa shape index (κ2) is 9.53. The van der Waals surface area contributed by atoms with Crippen molar-refractivity contribution in [3.8, 4) is 0 Å². The lowest BCUT2D eigenvalue weighted by Gasteiger charge is -2.45. The molecule has 1 saturated heterocycles. The molecular formula is C25H33NO3. The molecule has 29 heavy (non-hydrogen) atoms. The number of carboxylic acids is 1. The lowest BCUT2D eigenvalue weighted by Crippen LogP contribution is -2.47. The van der Waals surface area contributed by atoms with Gasteiger partial charge >= 0.3 is 5.97 Å². The van der Waals surface area contributed by atoms with Crippen LogP contribution < -0.4 is 0 Å². The number of carboxylic acid groups (broad SMARTS) is 1. The van der Waals surface area contributed by atoms with Crippen LogP contribution in [0.5, 0.6) is 0 Å². The first-order valence-electron chi connectivity index (χ1n) is 10.8. The minimum absolute atomic E-state index is 0.106. The van der Waals surface area contributed by atoms with Crippen molar-refractivity contribution in [1.29, 1.82) is 0 Å². The van der Waals surface area contributed by atoms with Crippen LogP contribution in [0, 0.1) is 0 Å². The van der Waals surface area contributed by atoms with Crippen molar-refractivity contribution in [1.82, 2.24) is 4.98 Å². The van der Waals surface area contributed by atoms with E-state index in [4.69, 9.17) is 4.74 Å². The van der Waals surface area contributed by atoms with Crippen molar-refractivity contribution in [2.75, 3.05) is 6.61 Å². The zero-order valence-corrected chi connectivity index (χ0v) is 17.6. The fourth-order valence-electron chi connectivity index (χ4n) is 4.82. The maximum Gasteiger partial charge on any atom is 0.304 e. The van der Waals surface area contributed by atoms with Crippen molar-refractivity contribution >= 4 is 5.97 Å². The molecule has 0 amide bonds. The van der Waals surface area contributed by atoms with Crippen molar-refractivity contribution in [3.05, 3.63) is 66.0 Å². The number of hydrogen-bond donors (Lipinski definition) is 1. The van der Waals surface area contributed by atoms with Crippen LogP contribution in [0.25, 0.3) is 0 Å². The van der Waals surface area contributed by atoms with Gasteiger partial charge in [0.15, 0.2) is 0 Å². The Kier molecular flexibility index (Phi) is 7.07. The van der Waals surface area contributed by atoms with E-state index < -0.39 is 5.97 Å². The van der Waals surface area contributed by atoms with Gasteiger partial charge in [0.25, 0.3) is 0 Å². The molecular weight excluding hydrogens is 362 g/mol. The second-order valence-corrected chi connectivity index (χ2v) is 8.80. The van der Waals surface area contributed by atoms with E-state index in [9.17, 15) is 9.90 Å². The van der Waals surface area contributed by atoms with E-state index in [0.29, 0.717) is 12.5 Å². The molecule has 4 rings (SSSR count). The molecule has 1 atom stereocenters. The topological polar surface area (TPSA) is 59.4 Å². The molecule has 156 valence electrons. The number of ether oxygens (including phenoxy) is 1. The van der Waals surface area contributed by atoms with Gasteiger partial charge < -0.3 is 9.84 Å². The van der Waals surface area contributed by atoms with E-state index in [1.54, 1.807) is 6.20 Å². The van der Waals surface area contributed by atoms with Crippen LogP contribution in [-0.2, 0) is 14.9 Å². The quantitative estimate of drug-likeness (QED) is 0.718. The molecule has 1 aliphatic heterocycles. The molecule has 2 heterocycles. The highest BCUT2D eigenvalue weighted by Crippen LogP contribution is 2.49. The Bertz CT molecular complexity index is 769. The average Bonchev–Trinajstić information content (AvgIpc) is 3.16.